The van der Waals surface area contributed by atoms with E-state index in [1.807, 2.05) is 0 Å². The van der Waals surface area contributed by atoms with Crippen LogP contribution >= 0.6 is 15.9 Å². The van der Waals surface area contributed by atoms with Gasteiger partial charge >= 0.3 is 5.97 Å². The molecule has 0 unspecified atom stereocenters. The van der Waals surface area contributed by atoms with Gasteiger partial charge in [-0.1, -0.05) is 15.9 Å². The van der Waals surface area contributed by atoms with E-state index in [4.69, 9.17) is 9.84 Å². The van der Waals surface area contributed by atoms with E-state index in [0.717, 1.165) is 4.47 Å². The molecule has 16 heavy (non-hydrogen) atoms. The summed E-state index contributed by atoms with van der Waals surface area (Å²) in [6, 6.07) is 3.52. The lowest BCUT2D eigenvalue weighted by molar-refractivity contribution is 0.0683. The second-order valence-corrected chi connectivity index (χ2v) is 4.13. The molecule has 0 aliphatic heterocycles. The van der Waals surface area contributed by atoms with Crippen LogP contribution in [0.2, 0.25) is 0 Å². The molecule has 84 valence electrons. The maximum absolute atomic E-state index is 11.1. The van der Waals surface area contributed by atoms with Gasteiger partial charge in [-0.3, -0.25) is 4.40 Å². The van der Waals surface area contributed by atoms with Crippen molar-refractivity contribution in [2.75, 3.05) is 7.11 Å². The summed E-state index contributed by atoms with van der Waals surface area (Å²) >= 11 is 3.31. The number of carbonyl (C=O) groups is 1. The maximum Gasteiger partial charge on any atom is 0.354 e. The van der Waals surface area contributed by atoms with Crippen molar-refractivity contribution in [2.24, 2.45) is 0 Å². The van der Waals surface area contributed by atoms with Gasteiger partial charge in [-0.2, -0.15) is 0 Å². The van der Waals surface area contributed by atoms with Crippen LogP contribution in [-0.4, -0.2) is 27.6 Å². The second-order valence-electron chi connectivity index (χ2n) is 3.22. The summed E-state index contributed by atoms with van der Waals surface area (Å²) < 4.78 is 7.31. The van der Waals surface area contributed by atoms with Gasteiger partial charge < -0.3 is 9.84 Å². The number of aromatic nitrogens is 2. The van der Waals surface area contributed by atoms with Crippen molar-refractivity contribution >= 4 is 27.5 Å². The summed E-state index contributed by atoms with van der Waals surface area (Å²) in [4.78, 5) is 15.3. The molecular formula is C10H9BrN2O3. The van der Waals surface area contributed by atoms with E-state index in [-0.39, 0.29) is 12.3 Å². The predicted molar refractivity (Wildman–Crippen MR) is 60.6 cm³/mol. The molecule has 0 aliphatic rings. The van der Waals surface area contributed by atoms with Gasteiger partial charge in [0.15, 0.2) is 5.69 Å². The quantitative estimate of drug-likeness (QED) is 0.936. The first-order chi connectivity index (χ1) is 7.63. The van der Waals surface area contributed by atoms with Crippen molar-refractivity contribution in [1.82, 2.24) is 9.38 Å². The third kappa shape index (κ3) is 1.81. The first-order valence-electron chi connectivity index (χ1n) is 4.52. The zero-order valence-electron chi connectivity index (χ0n) is 8.48. The highest BCUT2D eigenvalue weighted by Crippen LogP contribution is 2.17. The number of halogens is 1. The van der Waals surface area contributed by atoms with Crippen LogP contribution in [0.1, 0.15) is 16.2 Å². The molecule has 0 fully saturated rings. The Morgan fingerprint density at radius 2 is 2.44 bits per heavy atom. The zero-order chi connectivity index (χ0) is 11.7. The molecular weight excluding hydrogens is 276 g/mol. The summed E-state index contributed by atoms with van der Waals surface area (Å²) in [5, 5.41) is 9.12. The first kappa shape index (κ1) is 11.1. The van der Waals surface area contributed by atoms with E-state index in [9.17, 15) is 4.79 Å². The standard InChI is InChI=1S/C10H9BrN2O3/c1-16-5-7-9(10(14)15)13-3-2-6(11)4-8(13)12-7/h2-4H,5H2,1H3,(H,14,15). The molecule has 5 nitrogen and oxygen atoms in total. The fourth-order valence-corrected chi connectivity index (χ4v) is 1.86. The third-order valence-electron chi connectivity index (χ3n) is 2.14. The van der Waals surface area contributed by atoms with E-state index >= 15 is 0 Å². The monoisotopic (exact) mass is 284 g/mol. The lowest BCUT2D eigenvalue weighted by atomic mass is 10.3. The van der Waals surface area contributed by atoms with Gasteiger partial charge in [0.1, 0.15) is 11.3 Å². The van der Waals surface area contributed by atoms with Crippen molar-refractivity contribution in [1.29, 1.82) is 0 Å². The Kier molecular flexibility index (Phi) is 2.93. The van der Waals surface area contributed by atoms with E-state index < -0.39 is 5.97 Å². The van der Waals surface area contributed by atoms with Gasteiger partial charge in [-0.15, -0.1) is 0 Å². The van der Waals surface area contributed by atoms with Crippen molar-refractivity contribution < 1.29 is 14.6 Å². The summed E-state index contributed by atoms with van der Waals surface area (Å²) in [6.07, 6.45) is 1.66. The van der Waals surface area contributed by atoms with Crippen LogP contribution in [0.15, 0.2) is 22.8 Å². The van der Waals surface area contributed by atoms with Gasteiger partial charge in [0.25, 0.3) is 0 Å². The number of aromatic carboxylic acids is 1. The van der Waals surface area contributed by atoms with Crippen LogP contribution in [0.5, 0.6) is 0 Å². The number of nitrogens with zero attached hydrogens (tertiary/aromatic N) is 2. The summed E-state index contributed by atoms with van der Waals surface area (Å²) in [7, 11) is 1.51. The topological polar surface area (TPSA) is 63.8 Å². The third-order valence-corrected chi connectivity index (χ3v) is 2.64. The highest BCUT2D eigenvalue weighted by Gasteiger charge is 2.18. The first-order valence-corrected chi connectivity index (χ1v) is 5.31. The smallest absolute Gasteiger partial charge is 0.354 e. The Morgan fingerprint density at radius 1 is 1.69 bits per heavy atom. The molecule has 0 atom stereocenters. The average Bonchev–Trinajstić information content (AvgIpc) is 2.55. The normalized spacial score (nSPS) is 10.9. The number of hydrogen-bond acceptors (Lipinski definition) is 3. The molecule has 0 saturated carbocycles. The van der Waals surface area contributed by atoms with Gasteiger partial charge in [0.2, 0.25) is 0 Å². The Balaban J connectivity index is 2.70. The van der Waals surface area contributed by atoms with Crippen LogP contribution in [0, 0.1) is 0 Å². The molecule has 2 heterocycles. The minimum atomic E-state index is -1.01. The number of carboxylic acids is 1. The van der Waals surface area contributed by atoms with Crippen molar-refractivity contribution in [3.8, 4) is 0 Å². The van der Waals surface area contributed by atoms with E-state index in [0.29, 0.717) is 11.3 Å². The number of methoxy groups -OCH3 is 1. The van der Waals surface area contributed by atoms with Crippen molar-refractivity contribution in [3.63, 3.8) is 0 Å². The summed E-state index contributed by atoms with van der Waals surface area (Å²) in [5.74, 6) is -1.01. The lowest BCUT2D eigenvalue weighted by Gasteiger charge is -1.98. The number of carboxylic acid groups (broad SMARTS) is 1. The Bertz CT molecular complexity index is 550. The maximum atomic E-state index is 11.1. The molecule has 2 aromatic heterocycles. The number of fused-ring (bicyclic) bond motifs is 1. The summed E-state index contributed by atoms with van der Waals surface area (Å²) in [6.45, 7) is 0.181. The van der Waals surface area contributed by atoms with Crippen molar-refractivity contribution in [2.45, 2.75) is 6.61 Å². The molecule has 2 rings (SSSR count). The molecule has 0 aromatic carbocycles. The van der Waals surface area contributed by atoms with E-state index in [2.05, 4.69) is 20.9 Å². The van der Waals surface area contributed by atoms with E-state index in [1.165, 1.54) is 11.5 Å². The largest absolute Gasteiger partial charge is 0.477 e. The predicted octanol–water partition coefficient (Wildman–Crippen LogP) is 1.94. The molecule has 6 heteroatoms. The van der Waals surface area contributed by atoms with E-state index in [1.54, 1.807) is 18.3 Å². The van der Waals surface area contributed by atoms with Gasteiger partial charge in [0, 0.05) is 17.8 Å². The Hall–Kier alpha value is -1.40. The number of imidazole rings is 1. The molecule has 0 amide bonds. The van der Waals surface area contributed by atoms with Crippen LogP contribution in [-0.2, 0) is 11.3 Å². The van der Waals surface area contributed by atoms with Crippen LogP contribution < -0.4 is 0 Å². The highest BCUT2D eigenvalue weighted by molar-refractivity contribution is 9.10. The highest BCUT2D eigenvalue weighted by atomic mass is 79.9. The Morgan fingerprint density at radius 3 is 3.06 bits per heavy atom. The number of ether oxygens (including phenoxy) is 1. The number of rotatable bonds is 3. The van der Waals surface area contributed by atoms with Crippen molar-refractivity contribution in [3.05, 3.63) is 34.2 Å². The minimum absolute atomic E-state index is 0.143. The summed E-state index contributed by atoms with van der Waals surface area (Å²) in [5.41, 5.74) is 1.15. The number of pyridine rings is 1. The Labute approximate surface area is 99.8 Å². The van der Waals surface area contributed by atoms with Gasteiger partial charge in [0.05, 0.1) is 6.61 Å². The molecule has 2 aromatic rings. The molecule has 0 bridgehead atoms. The SMILES string of the molecule is COCc1nc2cc(Br)ccn2c1C(=O)O. The fraction of sp³-hybridized carbons (Fsp3) is 0.200. The molecule has 0 saturated heterocycles. The molecule has 0 aliphatic carbocycles. The zero-order valence-corrected chi connectivity index (χ0v) is 10.1. The second kappa shape index (κ2) is 4.23. The molecule has 0 radical (unpaired) electrons. The average molecular weight is 285 g/mol. The fourth-order valence-electron chi connectivity index (χ4n) is 1.53. The van der Waals surface area contributed by atoms with Crippen LogP contribution in [0.3, 0.4) is 0 Å². The minimum Gasteiger partial charge on any atom is -0.477 e. The lowest BCUT2D eigenvalue weighted by Crippen LogP contribution is -2.05. The van der Waals surface area contributed by atoms with Crippen LogP contribution in [0.25, 0.3) is 5.65 Å². The van der Waals surface area contributed by atoms with Gasteiger partial charge in [-0.25, -0.2) is 9.78 Å². The number of hydrogen-bond donors (Lipinski definition) is 1. The van der Waals surface area contributed by atoms with Crippen LogP contribution in [0.4, 0.5) is 0 Å². The molecule has 0 spiro atoms. The molecule has 1 N–H and O–H groups in total. The van der Waals surface area contributed by atoms with Gasteiger partial charge in [-0.05, 0) is 12.1 Å².